The predicted octanol–water partition coefficient (Wildman–Crippen LogP) is 4.04. The van der Waals surface area contributed by atoms with E-state index in [1.54, 1.807) is 0 Å². The van der Waals surface area contributed by atoms with Gasteiger partial charge in [0.05, 0.1) is 6.61 Å². The molecule has 0 aliphatic heterocycles. The van der Waals surface area contributed by atoms with Crippen LogP contribution in [0.4, 0.5) is 0 Å². The van der Waals surface area contributed by atoms with Crippen molar-refractivity contribution >= 4 is 5.97 Å². The van der Waals surface area contributed by atoms with Crippen LogP contribution >= 0.6 is 0 Å². The summed E-state index contributed by atoms with van der Waals surface area (Å²) in [6.07, 6.45) is 4.92. The van der Waals surface area contributed by atoms with Crippen LogP contribution in [0.15, 0.2) is 0 Å². The van der Waals surface area contributed by atoms with Gasteiger partial charge in [-0.3, -0.25) is 4.79 Å². The van der Waals surface area contributed by atoms with E-state index in [4.69, 9.17) is 4.74 Å². The highest BCUT2D eigenvalue weighted by atomic mass is 16.5. The van der Waals surface area contributed by atoms with Gasteiger partial charge < -0.3 is 4.74 Å². The third-order valence-electron chi connectivity index (χ3n) is 3.29. The quantitative estimate of drug-likeness (QED) is 0.586. The average molecular weight is 228 g/mol. The van der Waals surface area contributed by atoms with Crippen molar-refractivity contribution in [2.75, 3.05) is 6.61 Å². The minimum atomic E-state index is -0.167. The molecule has 0 saturated carbocycles. The second-order valence-electron chi connectivity index (χ2n) is 5.41. The van der Waals surface area contributed by atoms with Gasteiger partial charge in [0, 0.05) is 6.92 Å². The first-order valence-electron chi connectivity index (χ1n) is 6.56. The zero-order chi connectivity index (χ0) is 12.6. The SMILES string of the molecule is CC(=O)OCCC(C)C(C)CCCC(C)C. The lowest BCUT2D eigenvalue weighted by Crippen LogP contribution is -2.12. The lowest BCUT2D eigenvalue weighted by atomic mass is 9.88. The number of hydrogen-bond donors (Lipinski definition) is 0. The smallest absolute Gasteiger partial charge is 0.302 e. The molecule has 16 heavy (non-hydrogen) atoms. The minimum Gasteiger partial charge on any atom is -0.466 e. The fourth-order valence-electron chi connectivity index (χ4n) is 1.81. The van der Waals surface area contributed by atoms with Crippen LogP contribution in [-0.2, 0) is 9.53 Å². The summed E-state index contributed by atoms with van der Waals surface area (Å²) in [5.41, 5.74) is 0. The third-order valence-corrected chi connectivity index (χ3v) is 3.29. The van der Waals surface area contributed by atoms with E-state index in [2.05, 4.69) is 27.7 Å². The molecule has 0 aromatic rings. The number of rotatable bonds is 8. The standard InChI is InChI=1S/C14H28O2/c1-11(2)7-6-8-12(3)13(4)9-10-16-14(5)15/h11-13H,6-10H2,1-5H3. The van der Waals surface area contributed by atoms with Crippen LogP contribution in [0, 0.1) is 17.8 Å². The molecule has 96 valence electrons. The van der Waals surface area contributed by atoms with Crippen molar-refractivity contribution in [2.45, 2.75) is 60.3 Å². The fourth-order valence-corrected chi connectivity index (χ4v) is 1.81. The second kappa shape index (κ2) is 8.60. The molecule has 2 atom stereocenters. The lowest BCUT2D eigenvalue weighted by molar-refractivity contribution is -0.141. The number of hydrogen-bond acceptors (Lipinski definition) is 2. The Hall–Kier alpha value is -0.530. The minimum absolute atomic E-state index is 0.167. The molecular formula is C14H28O2. The molecule has 0 aromatic carbocycles. The van der Waals surface area contributed by atoms with Crippen molar-refractivity contribution < 1.29 is 9.53 Å². The summed E-state index contributed by atoms with van der Waals surface area (Å²) in [6, 6.07) is 0. The van der Waals surface area contributed by atoms with Gasteiger partial charge in [0.25, 0.3) is 0 Å². The van der Waals surface area contributed by atoms with E-state index in [0.717, 1.165) is 18.3 Å². The first-order chi connectivity index (χ1) is 7.43. The van der Waals surface area contributed by atoms with E-state index in [-0.39, 0.29) is 5.97 Å². The maximum atomic E-state index is 10.6. The number of ether oxygens (including phenoxy) is 1. The summed E-state index contributed by atoms with van der Waals surface area (Å²) in [7, 11) is 0. The van der Waals surface area contributed by atoms with Crippen molar-refractivity contribution in [3.8, 4) is 0 Å². The summed E-state index contributed by atoms with van der Waals surface area (Å²) in [6.45, 7) is 11.1. The summed E-state index contributed by atoms with van der Waals surface area (Å²) >= 11 is 0. The summed E-state index contributed by atoms with van der Waals surface area (Å²) in [5.74, 6) is 2.02. The van der Waals surface area contributed by atoms with Crippen LogP contribution in [-0.4, -0.2) is 12.6 Å². The molecule has 0 heterocycles. The summed E-state index contributed by atoms with van der Waals surface area (Å²) in [5, 5.41) is 0. The Morgan fingerprint density at radius 3 is 2.06 bits per heavy atom. The molecule has 2 heteroatoms. The Morgan fingerprint density at radius 1 is 1.00 bits per heavy atom. The van der Waals surface area contributed by atoms with Gasteiger partial charge in [0.1, 0.15) is 0 Å². The molecule has 0 fully saturated rings. The molecule has 0 N–H and O–H groups in total. The van der Waals surface area contributed by atoms with Crippen LogP contribution in [0.25, 0.3) is 0 Å². The van der Waals surface area contributed by atoms with Crippen LogP contribution in [0.3, 0.4) is 0 Å². The molecule has 0 bridgehead atoms. The second-order valence-corrected chi connectivity index (χ2v) is 5.41. The Bertz CT molecular complexity index is 187. The third kappa shape index (κ3) is 8.75. The maximum Gasteiger partial charge on any atom is 0.302 e. The zero-order valence-corrected chi connectivity index (χ0v) is 11.6. The highest BCUT2D eigenvalue weighted by Gasteiger charge is 2.12. The van der Waals surface area contributed by atoms with Crippen molar-refractivity contribution in [2.24, 2.45) is 17.8 Å². The Labute approximate surface area is 101 Å². The van der Waals surface area contributed by atoms with E-state index in [1.165, 1.54) is 26.2 Å². The molecule has 0 rings (SSSR count). The van der Waals surface area contributed by atoms with Crippen molar-refractivity contribution in [1.29, 1.82) is 0 Å². The average Bonchev–Trinajstić information content (AvgIpc) is 2.16. The fraction of sp³-hybridized carbons (Fsp3) is 0.929. The summed E-state index contributed by atoms with van der Waals surface area (Å²) < 4.78 is 4.97. The van der Waals surface area contributed by atoms with Gasteiger partial charge in [-0.05, 0) is 24.2 Å². The van der Waals surface area contributed by atoms with Gasteiger partial charge in [-0.15, -0.1) is 0 Å². The van der Waals surface area contributed by atoms with Crippen molar-refractivity contribution in [3.63, 3.8) is 0 Å². The highest BCUT2D eigenvalue weighted by molar-refractivity contribution is 5.65. The molecule has 0 spiro atoms. The first-order valence-corrected chi connectivity index (χ1v) is 6.56. The van der Waals surface area contributed by atoms with Gasteiger partial charge in [-0.1, -0.05) is 47.0 Å². The van der Waals surface area contributed by atoms with Crippen molar-refractivity contribution in [3.05, 3.63) is 0 Å². The maximum absolute atomic E-state index is 10.6. The molecule has 0 aliphatic carbocycles. The van der Waals surface area contributed by atoms with Gasteiger partial charge in [0.15, 0.2) is 0 Å². The first kappa shape index (κ1) is 15.5. The Morgan fingerprint density at radius 2 is 1.56 bits per heavy atom. The largest absolute Gasteiger partial charge is 0.466 e. The molecule has 0 aliphatic rings. The number of carbonyl (C=O) groups is 1. The predicted molar refractivity (Wildman–Crippen MR) is 68.3 cm³/mol. The number of carbonyl (C=O) groups excluding carboxylic acids is 1. The van der Waals surface area contributed by atoms with E-state index >= 15 is 0 Å². The molecule has 0 saturated heterocycles. The topological polar surface area (TPSA) is 26.3 Å². The molecule has 0 radical (unpaired) electrons. The molecule has 0 aromatic heterocycles. The highest BCUT2D eigenvalue weighted by Crippen LogP contribution is 2.22. The Balaban J connectivity index is 3.56. The lowest BCUT2D eigenvalue weighted by Gasteiger charge is -2.20. The van der Waals surface area contributed by atoms with Crippen molar-refractivity contribution in [1.82, 2.24) is 0 Å². The van der Waals surface area contributed by atoms with E-state index in [9.17, 15) is 4.79 Å². The van der Waals surface area contributed by atoms with Gasteiger partial charge >= 0.3 is 5.97 Å². The van der Waals surface area contributed by atoms with Gasteiger partial charge in [-0.2, -0.15) is 0 Å². The monoisotopic (exact) mass is 228 g/mol. The summed E-state index contributed by atoms with van der Waals surface area (Å²) in [4.78, 5) is 10.6. The van der Waals surface area contributed by atoms with Gasteiger partial charge in [-0.25, -0.2) is 0 Å². The van der Waals surface area contributed by atoms with E-state index < -0.39 is 0 Å². The molecule has 0 amide bonds. The Kier molecular flexibility index (Phi) is 8.32. The van der Waals surface area contributed by atoms with Crippen LogP contribution in [0.1, 0.15) is 60.3 Å². The van der Waals surface area contributed by atoms with Crippen LogP contribution < -0.4 is 0 Å². The van der Waals surface area contributed by atoms with E-state index in [0.29, 0.717) is 12.5 Å². The molecule has 2 unspecified atom stereocenters. The van der Waals surface area contributed by atoms with Crippen LogP contribution in [0.2, 0.25) is 0 Å². The van der Waals surface area contributed by atoms with Crippen LogP contribution in [0.5, 0.6) is 0 Å². The number of esters is 1. The molecular weight excluding hydrogens is 200 g/mol. The molecule has 2 nitrogen and oxygen atoms in total. The van der Waals surface area contributed by atoms with E-state index in [1.807, 2.05) is 0 Å². The van der Waals surface area contributed by atoms with Gasteiger partial charge in [0.2, 0.25) is 0 Å². The normalized spacial score (nSPS) is 14.9. The zero-order valence-electron chi connectivity index (χ0n) is 11.6.